The van der Waals surface area contributed by atoms with Crippen molar-refractivity contribution in [3.63, 3.8) is 0 Å². The molecular weight excluding hydrogens is 637 g/mol. The summed E-state index contributed by atoms with van der Waals surface area (Å²) in [6, 6.07) is 23.7. The highest BCUT2D eigenvalue weighted by atomic mass is 32.2. The van der Waals surface area contributed by atoms with E-state index in [9.17, 15) is 4.79 Å². The van der Waals surface area contributed by atoms with Gasteiger partial charge in [-0.2, -0.15) is 4.57 Å². The summed E-state index contributed by atoms with van der Waals surface area (Å²) in [5.41, 5.74) is 8.06. The number of para-hydroxylation sites is 2. The number of nitrogens with zero attached hydrogens (tertiary/aromatic N) is 4. The van der Waals surface area contributed by atoms with E-state index in [0.29, 0.717) is 19.5 Å². The number of anilines is 2. The average Bonchev–Trinajstić information content (AvgIpc) is 3.45. The lowest BCUT2D eigenvalue weighted by Gasteiger charge is -2.13. The van der Waals surface area contributed by atoms with Gasteiger partial charge in [-0.3, -0.25) is 4.79 Å². The van der Waals surface area contributed by atoms with Crippen LogP contribution in [-0.2, 0) is 11.3 Å². The molecule has 2 N–H and O–H groups in total. The molecule has 260 valence electrons. The molecule has 1 aliphatic heterocycles. The number of aryl methyl sites for hydroxylation is 3. The number of amides is 1. The van der Waals surface area contributed by atoms with Gasteiger partial charge < -0.3 is 15.5 Å². The van der Waals surface area contributed by atoms with E-state index in [-0.39, 0.29) is 5.91 Å². The number of fused-ring (bicyclic) bond motifs is 3. The van der Waals surface area contributed by atoms with Crippen LogP contribution in [0.15, 0.2) is 82.9 Å². The lowest BCUT2D eigenvalue weighted by atomic mass is 10.1. The van der Waals surface area contributed by atoms with Crippen molar-refractivity contribution < 1.29 is 9.36 Å². The number of thioether (sulfide) groups is 1. The molecule has 0 atom stereocenters. The predicted molar refractivity (Wildman–Crippen MR) is 210 cm³/mol. The molecule has 3 aromatic heterocycles. The largest absolute Gasteiger partial charge is 0.368 e. The molecule has 50 heavy (non-hydrogen) atoms. The summed E-state index contributed by atoms with van der Waals surface area (Å²) in [5, 5.41) is 10.00. The first-order valence-corrected chi connectivity index (χ1v) is 19.1. The lowest BCUT2D eigenvalue weighted by Crippen LogP contribution is -2.34. The molecule has 0 saturated carbocycles. The van der Waals surface area contributed by atoms with Crippen LogP contribution in [0.4, 0.5) is 11.5 Å². The van der Waals surface area contributed by atoms with Gasteiger partial charge in [-0.05, 0) is 86.7 Å². The van der Waals surface area contributed by atoms with Crippen molar-refractivity contribution in [2.45, 2.75) is 90.0 Å². The minimum absolute atomic E-state index is 0.131. The van der Waals surface area contributed by atoms with Crippen molar-refractivity contribution >= 4 is 57.2 Å². The second-order valence-corrected chi connectivity index (χ2v) is 14.5. The molecule has 2 aromatic carbocycles. The lowest BCUT2D eigenvalue weighted by molar-refractivity contribution is -0.671. The van der Waals surface area contributed by atoms with Crippen molar-refractivity contribution in [3.05, 3.63) is 100 Å². The number of benzene rings is 2. The Hall–Kier alpha value is -4.43. The third kappa shape index (κ3) is 8.64. The highest BCUT2D eigenvalue weighted by Crippen LogP contribution is 2.45. The van der Waals surface area contributed by atoms with E-state index < -0.39 is 0 Å². The first kappa shape index (κ1) is 35.4. The zero-order chi connectivity index (χ0) is 34.9. The summed E-state index contributed by atoms with van der Waals surface area (Å²) in [6.45, 7) is 8.50. The number of rotatable bonds is 16. The van der Waals surface area contributed by atoms with Crippen LogP contribution >= 0.6 is 11.8 Å². The number of carbonyl (C=O) groups is 1. The van der Waals surface area contributed by atoms with E-state index in [1.54, 1.807) is 0 Å². The fourth-order valence-corrected chi connectivity index (χ4v) is 7.86. The van der Waals surface area contributed by atoms with Gasteiger partial charge in [0.2, 0.25) is 11.4 Å². The number of hydrogen-bond acceptors (Lipinski definition) is 6. The standard InChI is InChI=1S/C42H50N6OS/c1-30-31(2)34-22-23-39(46-42(34)45-32(30)3)43-25-26-44-40(49)21-11-9-7-5-6-8-10-16-27-48-28-24-33(35-17-12-13-18-36(35)48)29-41-47(4)37-19-14-15-20-38(37)50-41/h12-15,17-20,22-24,28-29H,5-11,16,21,25-27H2,1-4H3,(H-,43,44,45,46,49)/p+1. The second kappa shape index (κ2) is 17.0. The average molecular weight is 688 g/mol. The van der Waals surface area contributed by atoms with Gasteiger partial charge in [0.15, 0.2) is 11.8 Å². The summed E-state index contributed by atoms with van der Waals surface area (Å²) < 4.78 is 2.42. The maximum Gasteiger partial charge on any atom is 0.220 e. The van der Waals surface area contributed by atoms with Crippen LogP contribution in [0.3, 0.4) is 0 Å². The maximum absolute atomic E-state index is 12.3. The summed E-state index contributed by atoms with van der Waals surface area (Å²) in [6.07, 6.45) is 14.7. The number of nitrogens with one attached hydrogen (secondary N) is 2. The highest BCUT2D eigenvalue weighted by Gasteiger charge is 2.22. The minimum Gasteiger partial charge on any atom is -0.368 e. The SMILES string of the molecule is Cc1nc2nc(NCCNC(=O)CCCCCCCCCC[n+]3ccc(C=C4Sc5ccccc5N4C)c4ccccc43)ccc2c(C)c1C. The highest BCUT2D eigenvalue weighted by molar-refractivity contribution is 8.03. The Bertz CT molecular complexity index is 1990. The first-order chi connectivity index (χ1) is 24.4. The topological polar surface area (TPSA) is 74.0 Å². The predicted octanol–water partition coefficient (Wildman–Crippen LogP) is 9.28. The molecule has 6 rings (SSSR count). The van der Waals surface area contributed by atoms with Crippen LogP contribution < -0.4 is 20.1 Å². The van der Waals surface area contributed by atoms with Gasteiger partial charge in [-0.1, -0.05) is 68.1 Å². The van der Waals surface area contributed by atoms with Gasteiger partial charge in [0.05, 0.1) is 16.1 Å². The molecule has 0 saturated heterocycles. The molecule has 7 nitrogen and oxygen atoms in total. The van der Waals surface area contributed by atoms with Crippen LogP contribution in [0.25, 0.3) is 28.0 Å². The molecule has 0 unspecified atom stereocenters. The molecule has 0 spiro atoms. The Labute approximate surface area is 301 Å². The van der Waals surface area contributed by atoms with Gasteiger partial charge in [0, 0.05) is 61.1 Å². The van der Waals surface area contributed by atoms with Crippen molar-refractivity contribution in [2.24, 2.45) is 0 Å². The van der Waals surface area contributed by atoms with Crippen LogP contribution in [-0.4, -0.2) is 36.0 Å². The number of unbranched alkanes of at least 4 members (excludes halogenated alkanes) is 7. The van der Waals surface area contributed by atoms with E-state index in [0.717, 1.165) is 41.9 Å². The van der Waals surface area contributed by atoms with Crippen LogP contribution in [0.5, 0.6) is 0 Å². The molecule has 8 heteroatoms. The Morgan fingerprint density at radius 1 is 0.800 bits per heavy atom. The molecule has 0 aliphatic carbocycles. The Morgan fingerprint density at radius 3 is 2.36 bits per heavy atom. The zero-order valence-electron chi connectivity index (χ0n) is 30.1. The van der Waals surface area contributed by atoms with E-state index in [1.165, 1.54) is 81.7 Å². The number of hydrogen-bond donors (Lipinski definition) is 2. The smallest absolute Gasteiger partial charge is 0.220 e. The normalized spacial score (nSPS) is 13.4. The maximum atomic E-state index is 12.3. The van der Waals surface area contributed by atoms with Crippen LogP contribution in [0.1, 0.15) is 80.2 Å². The van der Waals surface area contributed by atoms with Gasteiger partial charge >= 0.3 is 0 Å². The fourth-order valence-electron chi connectivity index (χ4n) is 6.76. The van der Waals surface area contributed by atoms with Crippen LogP contribution in [0, 0.1) is 20.8 Å². The van der Waals surface area contributed by atoms with Gasteiger partial charge in [-0.15, -0.1) is 0 Å². The van der Waals surface area contributed by atoms with E-state index in [1.807, 2.05) is 24.8 Å². The summed E-state index contributed by atoms with van der Waals surface area (Å²) in [4.78, 5) is 25.2. The van der Waals surface area contributed by atoms with E-state index in [4.69, 9.17) is 0 Å². The summed E-state index contributed by atoms with van der Waals surface area (Å²) in [5.74, 6) is 0.919. The molecule has 5 aromatic rings. The quantitative estimate of drug-likeness (QED) is 0.0796. The third-order valence-corrected chi connectivity index (χ3v) is 11.1. The fraction of sp³-hybridized carbons (Fsp3) is 0.381. The monoisotopic (exact) mass is 687 g/mol. The van der Waals surface area contributed by atoms with E-state index in [2.05, 4.69) is 124 Å². The Morgan fingerprint density at radius 2 is 1.54 bits per heavy atom. The number of aromatic nitrogens is 3. The van der Waals surface area contributed by atoms with Crippen molar-refractivity contribution in [1.82, 2.24) is 15.3 Å². The van der Waals surface area contributed by atoms with Crippen molar-refractivity contribution in [3.8, 4) is 0 Å². The number of carbonyl (C=O) groups excluding carboxylic acids is 1. The van der Waals surface area contributed by atoms with Crippen molar-refractivity contribution in [2.75, 3.05) is 30.4 Å². The summed E-state index contributed by atoms with van der Waals surface area (Å²) >= 11 is 1.84. The zero-order valence-corrected chi connectivity index (χ0v) is 30.9. The second-order valence-electron chi connectivity index (χ2n) is 13.5. The molecule has 0 bridgehead atoms. The first-order valence-electron chi connectivity index (χ1n) is 18.3. The van der Waals surface area contributed by atoms with Gasteiger partial charge in [0.1, 0.15) is 12.4 Å². The molecule has 0 radical (unpaired) electrons. The summed E-state index contributed by atoms with van der Waals surface area (Å²) in [7, 11) is 2.15. The minimum atomic E-state index is 0.131. The van der Waals surface area contributed by atoms with Crippen LogP contribution in [0.2, 0.25) is 0 Å². The Balaban J connectivity index is 0.831. The molecule has 1 aliphatic rings. The molecule has 4 heterocycles. The Kier molecular flexibility index (Phi) is 12.0. The third-order valence-electron chi connectivity index (χ3n) is 9.97. The van der Waals surface area contributed by atoms with Gasteiger partial charge in [0.25, 0.3) is 0 Å². The molecular formula is C42H51N6OS+. The molecule has 0 fully saturated rings. The van der Waals surface area contributed by atoms with E-state index >= 15 is 0 Å². The van der Waals surface area contributed by atoms with Crippen molar-refractivity contribution in [1.29, 1.82) is 0 Å². The van der Waals surface area contributed by atoms with Gasteiger partial charge in [-0.25, -0.2) is 9.97 Å². The number of pyridine rings is 3. The molecule has 1 amide bonds.